The van der Waals surface area contributed by atoms with Crippen molar-refractivity contribution < 1.29 is 9.15 Å². The van der Waals surface area contributed by atoms with Gasteiger partial charge in [0, 0.05) is 18.1 Å². The minimum absolute atomic E-state index is 0.114. The number of hydrogen-bond acceptors (Lipinski definition) is 6. The first-order valence-corrected chi connectivity index (χ1v) is 10.2. The van der Waals surface area contributed by atoms with E-state index < -0.39 is 0 Å². The number of pyridine rings is 1. The second kappa shape index (κ2) is 8.97. The lowest BCUT2D eigenvalue weighted by Crippen LogP contribution is -2.34. The van der Waals surface area contributed by atoms with Crippen LogP contribution in [-0.2, 0) is 0 Å². The van der Waals surface area contributed by atoms with E-state index >= 15 is 0 Å². The van der Waals surface area contributed by atoms with Crippen LogP contribution in [0.25, 0.3) is 10.9 Å². The van der Waals surface area contributed by atoms with Crippen molar-refractivity contribution in [2.24, 2.45) is 0 Å². The summed E-state index contributed by atoms with van der Waals surface area (Å²) < 4.78 is 11.2. The molecule has 1 saturated heterocycles. The number of likely N-dealkylation sites (tertiary alicyclic amines) is 1. The van der Waals surface area contributed by atoms with Crippen molar-refractivity contribution in [3.05, 3.63) is 54.1 Å². The first-order chi connectivity index (χ1) is 14.3. The van der Waals surface area contributed by atoms with Crippen LogP contribution < -0.4 is 10.1 Å². The van der Waals surface area contributed by atoms with Gasteiger partial charge in [-0.15, -0.1) is 0 Å². The molecule has 1 aromatic carbocycles. The number of nitriles is 1. The highest BCUT2D eigenvalue weighted by molar-refractivity contribution is 5.94. The van der Waals surface area contributed by atoms with Crippen molar-refractivity contribution in [1.82, 2.24) is 9.88 Å². The molecule has 1 unspecified atom stereocenters. The third-order valence-electron chi connectivity index (χ3n) is 5.62. The molecule has 0 spiro atoms. The van der Waals surface area contributed by atoms with Gasteiger partial charge in [0.25, 0.3) is 0 Å². The first kappa shape index (κ1) is 19.3. The molecular formula is C23H26N4O2. The predicted octanol–water partition coefficient (Wildman–Crippen LogP) is 4.74. The molecule has 0 amide bonds. The Balaban J connectivity index is 1.66. The molecular weight excluding hydrogens is 364 g/mol. The molecule has 4 rings (SSSR count). The molecule has 3 heterocycles. The number of furan rings is 1. The lowest BCUT2D eigenvalue weighted by molar-refractivity contribution is 0.189. The molecule has 1 aliphatic heterocycles. The van der Waals surface area contributed by atoms with Crippen molar-refractivity contribution >= 4 is 16.6 Å². The van der Waals surface area contributed by atoms with Crippen molar-refractivity contribution in [1.29, 1.82) is 5.26 Å². The fourth-order valence-corrected chi connectivity index (χ4v) is 4.07. The highest BCUT2D eigenvalue weighted by atomic mass is 16.5. The Bertz CT molecular complexity index is 986. The fourth-order valence-electron chi connectivity index (χ4n) is 4.07. The standard InChI is InChI=1S/C23H26N4O2/c1-28-18-8-9-20-19(13-18)23(17(14-24)15-25-20)26-16-21(22-7-6-12-29-22)27-10-4-2-3-5-11-27/h6-9,12-13,15,21H,2-5,10-11,16H2,1H3,(H,25,26). The van der Waals surface area contributed by atoms with Gasteiger partial charge in [-0.05, 0) is 56.3 Å². The van der Waals surface area contributed by atoms with Crippen molar-refractivity contribution in [3.8, 4) is 11.8 Å². The molecule has 150 valence electrons. The lowest BCUT2D eigenvalue weighted by Gasteiger charge is -2.30. The van der Waals surface area contributed by atoms with Crippen LogP contribution in [0.5, 0.6) is 5.75 Å². The molecule has 0 aliphatic carbocycles. The average Bonchev–Trinajstić information content (AvgIpc) is 3.16. The zero-order valence-corrected chi connectivity index (χ0v) is 16.7. The maximum atomic E-state index is 9.65. The summed E-state index contributed by atoms with van der Waals surface area (Å²) in [7, 11) is 1.64. The van der Waals surface area contributed by atoms with Crippen molar-refractivity contribution in [2.45, 2.75) is 31.7 Å². The maximum absolute atomic E-state index is 9.65. The highest BCUT2D eigenvalue weighted by Gasteiger charge is 2.24. The smallest absolute Gasteiger partial charge is 0.122 e. The Labute approximate surface area is 171 Å². The molecule has 0 bridgehead atoms. The van der Waals surface area contributed by atoms with Crippen LogP contribution in [0.3, 0.4) is 0 Å². The Morgan fingerprint density at radius 2 is 2.07 bits per heavy atom. The zero-order chi connectivity index (χ0) is 20.1. The molecule has 0 saturated carbocycles. The quantitative estimate of drug-likeness (QED) is 0.655. The van der Waals surface area contributed by atoms with Gasteiger partial charge in [-0.3, -0.25) is 9.88 Å². The highest BCUT2D eigenvalue weighted by Crippen LogP contribution is 2.31. The number of methoxy groups -OCH3 is 1. The normalized spacial score (nSPS) is 16.1. The molecule has 2 aromatic heterocycles. The van der Waals surface area contributed by atoms with Gasteiger partial charge < -0.3 is 14.5 Å². The van der Waals surface area contributed by atoms with E-state index in [0.29, 0.717) is 12.1 Å². The number of nitrogens with one attached hydrogen (secondary N) is 1. The second-order valence-corrected chi connectivity index (χ2v) is 7.40. The van der Waals surface area contributed by atoms with Crippen molar-refractivity contribution in [3.63, 3.8) is 0 Å². The fraction of sp³-hybridized carbons (Fsp3) is 0.391. The summed E-state index contributed by atoms with van der Waals surface area (Å²) in [6.07, 6.45) is 8.33. The zero-order valence-electron chi connectivity index (χ0n) is 16.7. The van der Waals surface area contributed by atoms with E-state index in [9.17, 15) is 5.26 Å². The average molecular weight is 390 g/mol. The van der Waals surface area contributed by atoms with Gasteiger partial charge in [-0.1, -0.05) is 12.8 Å². The number of ether oxygens (including phenoxy) is 1. The predicted molar refractivity (Wildman–Crippen MR) is 113 cm³/mol. The minimum Gasteiger partial charge on any atom is -0.497 e. The van der Waals surface area contributed by atoms with E-state index in [2.05, 4.69) is 21.3 Å². The number of fused-ring (bicyclic) bond motifs is 1. The summed E-state index contributed by atoms with van der Waals surface area (Å²) >= 11 is 0. The molecule has 29 heavy (non-hydrogen) atoms. The summed E-state index contributed by atoms with van der Waals surface area (Å²) in [5, 5.41) is 14.1. The number of rotatable bonds is 6. The van der Waals surface area contributed by atoms with Gasteiger partial charge in [0.1, 0.15) is 17.6 Å². The van der Waals surface area contributed by atoms with Gasteiger partial charge in [0.2, 0.25) is 0 Å². The van der Waals surface area contributed by atoms with Crippen LogP contribution in [0.2, 0.25) is 0 Å². The second-order valence-electron chi connectivity index (χ2n) is 7.40. The summed E-state index contributed by atoms with van der Waals surface area (Å²) in [5.74, 6) is 1.70. The molecule has 1 aliphatic rings. The van der Waals surface area contributed by atoms with Gasteiger partial charge in [0.05, 0.1) is 36.2 Å². The van der Waals surface area contributed by atoms with Gasteiger partial charge in [0.15, 0.2) is 0 Å². The van der Waals surface area contributed by atoms with Crippen LogP contribution in [0.4, 0.5) is 5.69 Å². The molecule has 1 N–H and O–H groups in total. The molecule has 1 atom stereocenters. The summed E-state index contributed by atoms with van der Waals surface area (Å²) in [6, 6.07) is 12.1. The number of hydrogen-bond donors (Lipinski definition) is 1. The lowest BCUT2D eigenvalue weighted by atomic mass is 10.1. The van der Waals surface area contributed by atoms with Gasteiger partial charge in [-0.2, -0.15) is 5.26 Å². The maximum Gasteiger partial charge on any atom is 0.122 e. The number of nitrogens with zero attached hydrogens (tertiary/aromatic N) is 3. The Kier molecular flexibility index (Phi) is 5.97. The van der Waals surface area contributed by atoms with E-state index in [1.54, 1.807) is 19.6 Å². The van der Waals surface area contributed by atoms with Crippen LogP contribution in [0.1, 0.15) is 43.0 Å². The summed E-state index contributed by atoms with van der Waals surface area (Å²) in [5.41, 5.74) is 2.15. The van der Waals surface area contributed by atoms with E-state index in [-0.39, 0.29) is 6.04 Å². The molecule has 6 heteroatoms. The van der Waals surface area contributed by atoms with Gasteiger partial charge in [-0.25, -0.2) is 0 Å². The minimum atomic E-state index is 0.114. The Morgan fingerprint density at radius 1 is 1.24 bits per heavy atom. The van der Waals surface area contributed by atoms with E-state index in [0.717, 1.165) is 41.2 Å². The van der Waals surface area contributed by atoms with E-state index in [1.807, 2.05) is 30.3 Å². The van der Waals surface area contributed by atoms with Crippen LogP contribution in [0.15, 0.2) is 47.2 Å². The third kappa shape index (κ3) is 4.20. The molecule has 6 nitrogen and oxygen atoms in total. The number of aromatic nitrogens is 1. The molecule has 0 radical (unpaired) electrons. The third-order valence-corrected chi connectivity index (χ3v) is 5.62. The van der Waals surface area contributed by atoms with Crippen LogP contribution in [-0.4, -0.2) is 36.6 Å². The molecule has 3 aromatic rings. The van der Waals surface area contributed by atoms with Crippen LogP contribution in [0, 0.1) is 11.3 Å². The monoisotopic (exact) mass is 390 g/mol. The Morgan fingerprint density at radius 3 is 2.76 bits per heavy atom. The number of anilines is 1. The largest absolute Gasteiger partial charge is 0.497 e. The van der Waals surface area contributed by atoms with Crippen molar-refractivity contribution in [2.75, 3.05) is 32.1 Å². The Hall–Kier alpha value is -3.04. The SMILES string of the molecule is COc1ccc2ncc(C#N)c(NCC(c3ccco3)N3CCCCCC3)c2c1. The molecule has 1 fully saturated rings. The summed E-state index contributed by atoms with van der Waals surface area (Å²) in [6.45, 7) is 2.77. The van der Waals surface area contributed by atoms with Crippen LogP contribution >= 0.6 is 0 Å². The first-order valence-electron chi connectivity index (χ1n) is 10.2. The summed E-state index contributed by atoms with van der Waals surface area (Å²) in [4.78, 5) is 6.92. The number of benzene rings is 1. The topological polar surface area (TPSA) is 74.3 Å². The van der Waals surface area contributed by atoms with Gasteiger partial charge >= 0.3 is 0 Å². The van der Waals surface area contributed by atoms with E-state index in [4.69, 9.17) is 9.15 Å². The van der Waals surface area contributed by atoms with E-state index in [1.165, 1.54) is 25.7 Å².